The lowest BCUT2D eigenvalue weighted by atomic mass is 9.98. The van der Waals surface area contributed by atoms with Gasteiger partial charge < -0.3 is 10.1 Å². The van der Waals surface area contributed by atoms with E-state index in [1.807, 2.05) is 6.07 Å². The molecule has 0 aliphatic heterocycles. The Hall–Kier alpha value is -2.41. The van der Waals surface area contributed by atoms with E-state index in [2.05, 4.69) is 16.0 Å². The molecule has 1 aliphatic carbocycles. The first-order valence-electron chi connectivity index (χ1n) is 8.14. The summed E-state index contributed by atoms with van der Waals surface area (Å²) in [6.45, 7) is 1.93. The summed E-state index contributed by atoms with van der Waals surface area (Å²) in [6, 6.07) is 8.22. The fourth-order valence-corrected chi connectivity index (χ4v) is 2.80. The Morgan fingerprint density at radius 1 is 1.12 bits per heavy atom. The molecule has 7 nitrogen and oxygen atoms in total. The van der Waals surface area contributed by atoms with Gasteiger partial charge >= 0.3 is 12.0 Å². The standard InChI is InChI=1S/C17H23N3O4/c1-2-24-15(22)17(10-6-7-11-17)18-12-14(21)20-16(23)19-13-8-4-3-5-9-13/h3-5,8-9,18H,2,6-7,10-12H2,1H3,(H2,19,20,21,23). The van der Waals surface area contributed by atoms with Gasteiger partial charge in [-0.3, -0.25) is 20.2 Å². The van der Waals surface area contributed by atoms with E-state index < -0.39 is 17.5 Å². The molecule has 1 aromatic carbocycles. The second-order valence-electron chi connectivity index (χ2n) is 5.73. The van der Waals surface area contributed by atoms with Gasteiger partial charge in [-0.25, -0.2) is 4.79 Å². The molecule has 130 valence electrons. The Morgan fingerprint density at radius 3 is 2.42 bits per heavy atom. The Bertz CT molecular complexity index is 583. The first-order valence-corrected chi connectivity index (χ1v) is 8.14. The maximum Gasteiger partial charge on any atom is 0.326 e. The molecule has 0 aromatic heterocycles. The summed E-state index contributed by atoms with van der Waals surface area (Å²) < 4.78 is 5.11. The summed E-state index contributed by atoms with van der Waals surface area (Å²) in [5.74, 6) is -0.831. The van der Waals surface area contributed by atoms with E-state index in [9.17, 15) is 14.4 Å². The number of imide groups is 1. The number of ether oxygens (including phenoxy) is 1. The zero-order chi connectivity index (χ0) is 17.4. The summed E-state index contributed by atoms with van der Waals surface area (Å²) in [6.07, 6.45) is 3.08. The van der Waals surface area contributed by atoms with Gasteiger partial charge in [0.15, 0.2) is 0 Å². The number of hydrogen-bond acceptors (Lipinski definition) is 5. The Morgan fingerprint density at radius 2 is 1.79 bits per heavy atom. The van der Waals surface area contributed by atoms with Crippen molar-refractivity contribution in [1.29, 1.82) is 0 Å². The van der Waals surface area contributed by atoms with Crippen LogP contribution in [0.15, 0.2) is 30.3 Å². The largest absolute Gasteiger partial charge is 0.465 e. The highest BCUT2D eigenvalue weighted by Crippen LogP contribution is 2.30. The lowest BCUT2D eigenvalue weighted by Crippen LogP contribution is -2.54. The van der Waals surface area contributed by atoms with Crippen LogP contribution >= 0.6 is 0 Å². The van der Waals surface area contributed by atoms with Crippen LogP contribution in [0.2, 0.25) is 0 Å². The van der Waals surface area contributed by atoms with Gasteiger partial charge in [-0.1, -0.05) is 31.0 Å². The van der Waals surface area contributed by atoms with Crippen LogP contribution in [0.3, 0.4) is 0 Å². The van der Waals surface area contributed by atoms with E-state index in [4.69, 9.17) is 4.74 Å². The predicted octanol–water partition coefficient (Wildman–Crippen LogP) is 1.80. The number of carbonyl (C=O) groups is 3. The SMILES string of the molecule is CCOC(=O)C1(NCC(=O)NC(=O)Nc2ccccc2)CCCC1. The molecule has 1 saturated carbocycles. The number of nitrogens with one attached hydrogen (secondary N) is 3. The summed E-state index contributed by atoms with van der Waals surface area (Å²) in [5, 5.41) is 7.78. The van der Waals surface area contributed by atoms with Gasteiger partial charge in [0.25, 0.3) is 0 Å². The monoisotopic (exact) mass is 333 g/mol. The number of benzene rings is 1. The van der Waals surface area contributed by atoms with Crippen molar-refractivity contribution in [3.8, 4) is 0 Å². The average molecular weight is 333 g/mol. The summed E-state index contributed by atoms with van der Waals surface area (Å²) in [7, 11) is 0. The number of rotatable bonds is 6. The zero-order valence-electron chi connectivity index (χ0n) is 13.8. The fraction of sp³-hybridized carbons (Fsp3) is 0.471. The quantitative estimate of drug-likeness (QED) is 0.690. The number of hydrogen-bond donors (Lipinski definition) is 3. The molecule has 24 heavy (non-hydrogen) atoms. The van der Waals surface area contributed by atoms with Crippen LogP contribution < -0.4 is 16.0 Å². The van der Waals surface area contributed by atoms with Gasteiger partial charge in [-0.15, -0.1) is 0 Å². The van der Waals surface area contributed by atoms with Crippen molar-refractivity contribution in [3.05, 3.63) is 30.3 Å². The zero-order valence-corrected chi connectivity index (χ0v) is 13.8. The first kappa shape index (κ1) is 17.9. The fourth-order valence-electron chi connectivity index (χ4n) is 2.80. The van der Waals surface area contributed by atoms with Crippen LogP contribution in [0.4, 0.5) is 10.5 Å². The third kappa shape index (κ3) is 4.79. The van der Waals surface area contributed by atoms with Gasteiger partial charge in [0.2, 0.25) is 5.91 Å². The lowest BCUT2D eigenvalue weighted by molar-refractivity contribution is -0.151. The Labute approximate surface area is 141 Å². The van der Waals surface area contributed by atoms with E-state index >= 15 is 0 Å². The van der Waals surface area contributed by atoms with E-state index in [1.54, 1.807) is 31.2 Å². The molecule has 2 rings (SSSR count). The molecule has 1 aromatic rings. The maximum atomic E-state index is 12.1. The second kappa shape index (κ2) is 8.44. The summed E-state index contributed by atoms with van der Waals surface area (Å²) in [5.41, 5.74) is -0.224. The van der Waals surface area contributed by atoms with Gasteiger partial charge in [-0.05, 0) is 31.9 Å². The van der Waals surface area contributed by atoms with Crippen molar-refractivity contribution < 1.29 is 19.1 Å². The van der Waals surface area contributed by atoms with E-state index in [0.29, 0.717) is 25.1 Å². The number of carbonyl (C=O) groups excluding carboxylic acids is 3. The molecule has 3 N–H and O–H groups in total. The third-order valence-electron chi connectivity index (χ3n) is 4.00. The molecule has 0 unspecified atom stereocenters. The van der Waals surface area contributed by atoms with Crippen molar-refractivity contribution in [2.45, 2.75) is 38.1 Å². The van der Waals surface area contributed by atoms with Crippen molar-refractivity contribution >= 4 is 23.6 Å². The molecule has 1 aliphatic rings. The molecule has 1 fully saturated rings. The molecule has 0 heterocycles. The molecule has 7 heteroatoms. The minimum atomic E-state index is -0.816. The highest BCUT2D eigenvalue weighted by molar-refractivity contribution is 6.01. The number of para-hydroxylation sites is 1. The molecule has 0 bridgehead atoms. The molecule has 3 amide bonds. The average Bonchev–Trinajstić information content (AvgIpc) is 3.04. The van der Waals surface area contributed by atoms with Gasteiger partial charge in [0, 0.05) is 5.69 Å². The Balaban J connectivity index is 1.83. The van der Waals surface area contributed by atoms with Crippen LogP contribution in [-0.2, 0) is 14.3 Å². The molecular formula is C17H23N3O4. The van der Waals surface area contributed by atoms with Crippen molar-refractivity contribution in [1.82, 2.24) is 10.6 Å². The van der Waals surface area contributed by atoms with Gasteiger partial charge in [-0.2, -0.15) is 0 Å². The number of esters is 1. The molecule has 0 atom stereocenters. The minimum Gasteiger partial charge on any atom is -0.465 e. The van der Waals surface area contributed by atoms with Crippen LogP contribution in [0.25, 0.3) is 0 Å². The number of urea groups is 1. The van der Waals surface area contributed by atoms with Crippen LogP contribution in [0, 0.1) is 0 Å². The van der Waals surface area contributed by atoms with Crippen LogP contribution in [0.5, 0.6) is 0 Å². The number of amides is 3. The van der Waals surface area contributed by atoms with Crippen LogP contribution in [0.1, 0.15) is 32.6 Å². The van der Waals surface area contributed by atoms with E-state index in [-0.39, 0.29) is 12.5 Å². The van der Waals surface area contributed by atoms with Crippen molar-refractivity contribution in [2.24, 2.45) is 0 Å². The maximum absolute atomic E-state index is 12.1. The predicted molar refractivity (Wildman–Crippen MR) is 89.4 cm³/mol. The molecule has 0 spiro atoms. The van der Waals surface area contributed by atoms with Crippen molar-refractivity contribution in [2.75, 3.05) is 18.5 Å². The van der Waals surface area contributed by atoms with Crippen molar-refractivity contribution in [3.63, 3.8) is 0 Å². The summed E-state index contributed by atoms with van der Waals surface area (Å²) in [4.78, 5) is 35.9. The second-order valence-corrected chi connectivity index (χ2v) is 5.73. The molecule has 0 radical (unpaired) electrons. The molecule has 0 saturated heterocycles. The van der Waals surface area contributed by atoms with E-state index in [0.717, 1.165) is 12.8 Å². The normalized spacial score (nSPS) is 15.5. The smallest absolute Gasteiger partial charge is 0.326 e. The third-order valence-corrected chi connectivity index (χ3v) is 4.00. The highest BCUT2D eigenvalue weighted by atomic mass is 16.5. The highest BCUT2D eigenvalue weighted by Gasteiger charge is 2.42. The van der Waals surface area contributed by atoms with Gasteiger partial charge in [0.05, 0.1) is 13.2 Å². The van der Waals surface area contributed by atoms with Crippen LogP contribution in [-0.4, -0.2) is 36.6 Å². The topological polar surface area (TPSA) is 96.5 Å². The first-order chi connectivity index (χ1) is 11.6. The summed E-state index contributed by atoms with van der Waals surface area (Å²) >= 11 is 0. The lowest BCUT2D eigenvalue weighted by Gasteiger charge is -2.27. The molecular weight excluding hydrogens is 310 g/mol. The minimum absolute atomic E-state index is 0.124. The van der Waals surface area contributed by atoms with E-state index in [1.165, 1.54) is 0 Å². The number of anilines is 1. The Kier molecular flexibility index (Phi) is 6.31. The van der Waals surface area contributed by atoms with Gasteiger partial charge in [0.1, 0.15) is 5.54 Å².